The van der Waals surface area contributed by atoms with E-state index in [1.807, 2.05) is 14.0 Å². The molecule has 4 saturated carbocycles. The van der Waals surface area contributed by atoms with E-state index in [9.17, 15) is 5.11 Å². The summed E-state index contributed by atoms with van der Waals surface area (Å²) in [5.41, 5.74) is 1.37. The largest absolute Gasteiger partial charge is 0.393 e. The molecule has 4 fully saturated rings. The van der Waals surface area contributed by atoms with Crippen molar-refractivity contribution in [1.82, 2.24) is 0 Å². The second-order valence-corrected chi connectivity index (χ2v) is 11.6. The van der Waals surface area contributed by atoms with Crippen LogP contribution in [0.4, 0.5) is 0 Å². The van der Waals surface area contributed by atoms with Crippen LogP contribution in [-0.4, -0.2) is 24.4 Å². The molecule has 0 unspecified atom stereocenters. The Balaban J connectivity index is 1.64. The molecule has 0 saturated heterocycles. The highest BCUT2D eigenvalue weighted by molar-refractivity contribution is 5.15. The maximum Gasteiger partial charge on any atom is 0.0577 e. The fraction of sp³-hybridized carbons (Fsp3) is 1.00. The molecule has 0 aliphatic heterocycles. The van der Waals surface area contributed by atoms with Gasteiger partial charge in [-0.25, -0.2) is 0 Å². The van der Waals surface area contributed by atoms with E-state index in [-0.39, 0.29) is 11.5 Å². The molecule has 0 heterocycles. The van der Waals surface area contributed by atoms with Gasteiger partial charge in [0.15, 0.2) is 0 Å². The summed E-state index contributed by atoms with van der Waals surface area (Å²) >= 11 is 0. The van der Waals surface area contributed by atoms with E-state index in [0.29, 0.717) is 22.3 Å². The Morgan fingerprint density at radius 3 is 2.12 bits per heavy atom. The smallest absolute Gasteiger partial charge is 0.0577 e. The topological polar surface area (TPSA) is 29.5 Å². The molecule has 0 amide bonds. The van der Waals surface area contributed by atoms with Crippen molar-refractivity contribution in [3.8, 4) is 0 Å². The van der Waals surface area contributed by atoms with Crippen LogP contribution in [0.25, 0.3) is 0 Å². The molecule has 0 bridgehead atoms. The van der Waals surface area contributed by atoms with Crippen molar-refractivity contribution in [2.24, 2.45) is 39.4 Å². The van der Waals surface area contributed by atoms with Crippen molar-refractivity contribution in [2.75, 3.05) is 7.11 Å². The number of aliphatic hydroxyl groups is 1. The summed E-state index contributed by atoms with van der Waals surface area (Å²) in [5, 5.41) is 10.6. The zero-order valence-corrected chi connectivity index (χ0v) is 18.1. The van der Waals surface area contributed by atoms with Gasteiger partial charge < -0.3 is 9.84 Å². The van der Waals surface area contributed by atoms with Gasteiger partial charge in [-0.15, -0.1) is 0 Å². The molecule has 0 aromatic heterocycles. The highest BCUT2D eigenvalue weighted by atomic mass is 16.5. The Kier molecular flexibility index (Phi) is 4.41. The van der Waals surface area contributed by atoms with Gasteiger partial charge in [0.1, 0.15) is 0 Å². The molecule has 4 aliphatic rings. The van der Waals surface area contributed by atoms with Gasteiger partial charge in [-0.05, 0) is 104 Å². The Labute approximate surface area is 161 Å². The summed E-state index contributed by atoms with van der Waals surface area (Å²) in [7, 11) is 1.91. The second kappa shape index (κ2) is 5.96. The van der Waals surface area contributed by atoms with Gasteiger partial charge >= 0.3 is 0 Å². The lowest BCUT2D eigenvalue weighted by molar-refractivity contribution is -0.184. The van der Waals surface area contributed by atoms with Crippen LogP contribution in [0.5, 0.6) is 0 Å². The van der Waals surface area contributed by atoms with E-state index in [4.69, 9.17) is 4.74 Å². The zero-order chi connectivity index (χ0) is 19.0. The molecule has 150 valence electrons. The average Bonchev–Trinajstić information content (AvgIpc) is 2.88. The standard InChI is InChI=1S/C24H42O2/c1-16(25)22(3)13-9-20-18-8-11-21(2)15-17(26-6)7-12-23(21,4)19(18)10-14-24(20,22)5/h16-20,25H,7-15H2,1-6H3/t16-,17-,18+,19-,20-,21+,22+,23+,24-/m0/s1. The predicted molar refractivity (Wildman–Crippen MR) is 107 cm³/mol. The lowest BCUT2D eigenvalue weighted by Crippen LogP contribution is -2.59. The van der Waals surface area contributed by atoms with E-state index in [1.165, 1.54) is 57.8 Å². The van der Waals surface area contributed by atoms with Gasteiger partial charge in [-0.3, -0.25) is 0 Å². The normalized spacial score (nSPS) is 57.8. The number of rotatable bonds is 2. The van der Waals surface area contributed by atoms with Crippen molar-refractivity contribution in [3.63, 3.8) is 0 Å². The zero-order valence-electron chi connectivity index (χ0n) is 18.1. The molecule has 0 radical (unpaired) electrons. The lowest BCUT2D eigenvalue weighted by atomic mass is 9.39. The first-order chi connectivity index (χ1) is 12.1. The molecule has 0 aromatic rings. The molecule has 2 heteroatoms. The summed E-state index contributed by atoms with van der Waals surface area (Å²) in [6, 6.07) is 0. The molecular formula is C24H42O2. The number of aliphatic hydroxyl groups excluding tert-OH is 1. The summed E-state index contributed by atoms with van der Waals surface area (Å²) in [6.07, 6.45) is 12.2. The van der Waals surface area contributed by atoms with Crippen molar-refractivity contribution in [2.45, 2.75) is 105 Å². The third-order valence-corrected chi connectivity index (χ3v) is 11.3. The maximum atomic E-state index is 10.6. The third kappa shape index (κ3) is 2.24. The van der Waals surface area contributed by atoms with E-state index in [2.05, 4.69) is 27.7 Å². The summed E-state index contributed by atoms with van der Waals surface area (Å²) in [6.45, 7) is 12.2. The Bertz CT molecular complexity index is 558. The van der Waals surface area contributed by atoms with Crippen molar-refractivity contribution >= 4 is 0 Å². The molecule has 0 aromatic carbocycles. The minimum atomic E-state index is -0.185. The molecule has 4 rings (SSSR count). The molecule has 4 aliphatic carbocycles. The third-order valence-electron chi connectivity index (χ3n) is 11.3. The second-order valence-electron chi connectivity index (χ2n) is 11.6. The van der Waals surface area contributed by atoms with Gasteiger partial charge in [0, 0.05) is 7.11 Å². The average molecular weight is 363 g/mol. The van der Waals surface area contributed by atoms with Crippen molar-refractivity contribution in [1.29, 1.82) is 0 Å². The number of fused-ring (bicyclic) bond motifs is 5. The summed E-state index contributed by atoms with van der Waals surface area (Å²) in [4.78, 5) is 0. The van der Waals surface area contributed by atoms with Crippen LogP contribution in [0.1, 0.15) is 92.4 Å². The van der Waals surface area contributed by atoms with E-state index < -0.39 is 0 Å². The van der Waals surface area contributed by atoms with Crippen molar-refractivity contribution in [3.05, 3.63) is 0 Å². The minimum absolute atomic E-state index is 0.109. The maximum absolute atomic E-state index is 10.6. The van der Waals surface area contributed by atoms with Gasteiger partial charge in [0.05, 0.1) is 12.2 Å². The van der Waals surface area contributed by atoms with Crippen LogP contribution in [0.15, 0.2) is 0 Å². The van der Waals surface area contributed by atoms with Gasteiger partial charge in [-0.2, -0.15) is 0 Å². The monoisotopic (exact) mass is 362 g/mol. The van der Waals surface area contributed by atoms with E-state index in [1.54, 1.807) is 0 Å². The summed E-state index contributed by atoms with van der Waals surface area (Å²) in [5.74, 6) is 2.59. The number of hydrogen-bond donors (Lipinski definition) is 1. The van der Waals surface area contributed by atoms with Crippen LogP contribution < -0.4 is 0 Å². The van der Waals surface area contributed by atoms with Crippen LogP contribution in [0.3, 0.4) is 0 Å². The first kappa shape index (κ1) is 19.2. The van der Waals surface area contributed by atoms with E-state index in [0.717, 1.165) is 17.8 Å². The highest BCUT2D eigenvalue weighted by Crippen LogP contribution is 2.73. The van der Waals surface area contributed by atoms with Crippen LogP contribution in [0.2, 0.25) is 0 Å². The fourth-order valence-corrected chi connectivity index (χ4v) is 8.78. The lowest BCUT2D eigenvalue weighted by Gasteiger charge is -2.66. The molecule has 9 atom stereocenters. The molecule has 26 heavy (non-hydrogen) atoms. The molecule has 1 N–H and O–H groups in total. The minimum Gasteiger partial charge on any atom is -0.393 e. The predicted octanol–water partition coefficient (Wildman–Crippen LogP) is 5.82. The summed E-state index contributed by atoms with van der Waals surface area (Å²) < 4.78 is 5.80. The molecular weight excluding hydrogens is 320 g/mol. The van der Waals surface area contributed by atoms with Crippen LogP contribution in [-0.2, 0) is 4.74 Å². The Hall–Kier alpha value is -0.0800. The number of hydrogen-bond acceptors (Lipinski definition) is 2. The number of methoxy groups -OCH3 is 1. The van der Waals surface area contributed by atoms with Gasteiger partial charge in [0.2, 0.25) is 0 Å². The Morgan fingerprint density at radius 1 is 0.846 bits per heavy atom. The van der Waals surface area contributed by atoms with Crippen LogP contribution in [0, 0.1) is 39.4 Å². The van der Waals surface area contributed by atoms with Crippen molar-refractivity contribution < 1.29 is 9.84 Å². The van der Waals surface area contributed by atoms with Crippen LogP contribution >= 0.6 is 0 Å². The SMILES string of the molecule is CO[C@H]1CC[C@]2(C)[C@H]3CC[C@@]4(C)[C@@H](CC[C@]4(C)[C@H](C)O)[C@@H]3CC[C@]2(C)C1. The van der Waals surface area contributed by atoms with E-state index >= 15 is 0 Å². The Morgan fingerprint density at radius 2 is 1.46 bits per heavy atom. The van der Waals surface area contributed by atoms with Gasteiger partial charge in [-0.1, -0.05) is 27.7 Å². The first-order valence-electron chi connectivity index (χ1n) is 11.3. The first-order valence-corrected chi connectivity index (χ1v) is 11.3. The van der Waals surface area contributed by atoms with Gasteiger partial charge in [0.25, 0.3) is 0 Å². The highest BCUT2D eigenvalue weighted by Gasteiger charge is 2.66. The fourth-order valence-electron chi connectivity index (χ4n) is 8.78. The molecule has 0 spiro atoms. The number of ether oxygens (including phenoxy) is 1. The molecule has 2 nitrogen and oxygen atoms in total. The quantitative estimate of drug-likeness (QED) is 0.670.